The number of aliphatic hydroxyl groups excluding tert-OH is 3. The average molecular weight is 431 g/mol. The predicted molar refractivity (Wildman–Crippen MR) is 115 cm³/mol. The van der Waals surface area contributed by atoms with Crippen LogP contribution in [0.25, 0.3) is 11.2 Å². The second-order valence-electron chi connectivity index (χ2n) is 7.92. The van der Waals surface area contributed by atoms with Crippen molar-refractivity contribution in [1.82, 2.24) is 19.5 Å². The van der Waals surface area contributed by atoms with Gasteiger partial charge in [-0.05, 0) is 25.3 Å². The number of hydrogen-bond donors (Lipinski definition) is 4. The van der Waals surface area contributed by atoms with Gasteiger partial charge in [-0.1, -0.05) is 30.3 Å². The van der Waals surface area contributed by atoms with Crippen molar-refractivity contribution < 1.29 is 20.1 Å². The van der Waals surface area contributed by atoms with E-state index in [1.165, 1.54) is 16.1 Å². The average Bonchev–Trinajstić information content (AvgIpc) is 3.23. The zero-order valence-electron chi connectivity index (χ0n) is 17.0. The highest BCUT2D eigenvalue weighted by molar-refractivity contribution is 6.92. The van der Waals surface area contributed by atoms with Gasteiger partial charge in [0.25, 0.3) is 0 Å². The number of nitrogen functional groups attached to an aromatic ring is 1. The maximum atomic E-state index is 10.4. The standard InChI is InChI=1S/C19H26N6O4Si/c1-24(30(2,3)11-7-5-4-6-8-11)16-13-17(22-10-21-16)25(19(20)23-13)18-15(28)14(27)12(9-26)29-18/h4-8,10,12,14-15,18,26-28H,9H2,1-3H3,(H2,20,23). The monoisotopic (exact) mass is 430 g/mol. The number of fused-ring (bicyclic) bond motifs is 1. The smallest absolute Gasteiger partial charge is 0.204 e. The predicted octanol–water partition coefficient (Wildman–Crippen LogP) is -0.431. The molecule has 4 unspecified atom stereocenters. The minimum Gasteiger partial charge on any atom is -0.394 e. The summed E-state index contributed by atoms with van der Waals surface area (Å²) in [5.41, 5.74) is 7.02. The molecule has 3 aromatic rings. The van der Waals surface area contributed by atoms with Crippen molar-refractivity contribution in [3.63, 3.8) is 0 Å². The largest absolute Gasteiger partial charge is 0.394 e. The molecular weight excluding hydrogens is 404 g/mol. The molecule has 0 bridgehead atoms. The summed E-state index contributed by atoms with van der Waals surface area (Å²) in [5.74, 6) is 0.701. The number of benzene rings is 1. The van der Waals surface area contributed by atoms with Crippen LogP contribution in [0.15, 0.2) is 36.7 Å². The van der Waals surface area contributed by atoms with E-state index in [-0.39, 0.29) is 5.95 Å². The lowest BCUT2D eigenvalue weighted by Gasteiger charge is -2.35. The number of hydrogen-bond acceptors (Lipinski definition) is 9. The van der Waals surface area contributed by atoms with E-state index in [4.69, 9.17) is 10.5 Å². The summed E-state index contributed by atoms with van der Waals surface area (Å²) < 4.78 is 9.20. The Balaban J connectivity index is 1.79. The van der Waals surface area contributed by atoms with Crippen molar-refractivity contribution in [1.29, 1.82) is 0 Å². The maximum Gasteiger partial charge on any atom is 0.204 e. The molecule has 0 amide bonds. The van der Waals surface area contributed by atoms with Crippen molar-refractivity contribution in [2.45, 2.75) is 37.6 Å². The Morgan fingerprint density at radius 3 is 2.50 bits per heavy atom. The van der Waals surface area contributed by atoms with E-state index in [0.29, 0.717) is 17.0 Å². The van der Waals surface area contributed by atoms with Crippen LogP contribution in [-0.2, 0) is 4.74 Å². The first kappa shape index (κ1) is 20.7. The summed E-state index contributed by atoms with van der Waals surface area (Å²) in [4.78, 5) is 13.2. The number of aliphatic hydroxyl groups is 3. The number of nitrogens with two attached hydrogens (primary N) is 1. The Kier molecular flexibility index (Phi) is 5.24. The highest BCUT2D eigenvalue weighted by Gasteiger charge is 2.45. The van der Waals surface area contributed by atoms with Crippen molar-refractivity contribution in [2.24, 2.45) is 0 Å². The summed E-state index contributed by atoms with van der Waals surface area (Å²) in [6, 6.07) is 10.2. The summed E-state index contributed by atoms with van der Waals surface area (Å²) >= 11 is 0. The summed E-state index contributed by atoms with van der Waals surface area (Å²) in [6.45, 7) is 3.99. The quantitative estimate of drug-likeness (QED) is 0.396. The van der Waals surface area contributed by atoms with Gasteiger partial charge in [0.05, 0.1) is 6.61 Å². The summed E-state index contributed by atoms with van der Waals surface area (Å²) in [5, 5.41) is 31.2. The van der Waals surface area contributed by atoms with Gasteiger partial charge in [0.1, 0.15) is 24.6 Å². The molecule has 1 aliphatic heterocycles. The van der Waals surface area contributed by atoms with E-state index in [9.17, 15) is 15.3 Å². The lowest BCUT2D eigenvalue weighted by molar-refractivity contribution is -0.0500. The summed E-state index contributed by atoms with van der Waals surface area (Å²) in [6.07, 6.45) is -3.05. The topological polar surface area (TPSA) is 143 Å². The summed E-state index contributed by atoms with van der Waals surface area (Å²) in [7, 11) is -0.148. The van der Waals surface area contributed by atoms with Gasteiger partial charge in [-0.25, -0.2) is 15.0 Å². The molecule has 1 aromatic carbocycles. The van der Waals surface area contributed by atoms with Crippen LogP contribution < -0.4 is 15.5 Å². The molecule has 0 aliphatic carbocycles. The lowest BCUT2D eigenvalue weighted by atomic mass is 10.1. The lowest BCUT2D eigenvalue weighted by Crippen LogP contribution is -2.56. The van der Waals surface area contributed by atoms with E-state index in [1.54, 1.807) is 0 Å². The molecule has 1 fully saturated rings. The van der Waals surface area contributed by atoms with Gasteiger partial charge < -0.3 is 30.4 Å². The van der Waals surface area contributed by atoms with Crippen molar-refractivity contribution >= 4 is 36.4 Å². The van der Waals surface area contributed by atoms with E-state index in [1.807, 2.05) is 25.2 Å². The van der Waals surface area contributed by atoms with E-state index >= 15 is 0 Å². The number of ether oxygens (including phenoxy) is 1. The van der Waals surface area contributed by atoms with Crippen LogP contribution in [0.2, 0.25) is 13.1 Å². The molecule has 5 N–H and O–H groups in total. The van der Waals surface area contributed by atoms with Crippen molar-refractivity contribution in [2.75, 3.05) is 24.0 Å². The van der Waals surface area contributed by atoms with Gasteiger partial charge in [0.2, 0.25) is 5.95 Å². The Morgan fingerprint density at radius 2 is 1.87 bits per heavy atom. The number of rotatable bonds is 5. The zero-order valence-corrected chi connectivity index (χ0v) is 18.0. The van der Waals surface area contributed by atoms with Crippen LogP contribution in [0.3, 0.4) is 0 Å². The van der Waals surface area contributed by atoms with Crippen LogP contribution in [0, 0.1) is 0 Å². The molecule has 0 radical (unpaired) electrons. The Labute approximate surface area is 174 Å². The van der Waals surface area contributed by atoms with E-state index in [2.05, 4.69) is 44.7 Å². The van der Waals surface area contributed by atoms with Crippen LogP contribution in [0.1, 0.15) is 6.23 Å². The van der Waals surface area contributed by atoms with Crippen molar-refractivity contribution in [3.05, 3.63) is 36.7 Å². The van der Waals surface area contributed by atoms with Gasteiger partial charge in [-0.15, -0.1) is 0 Å². The first-order valence-electron chi connectivity index (χ1n) is 9.67. The van der Waals surface area contributed by atoms with Crippen molar-refractivity contribution in [3.8, 4) is 0 Å². The van der Waals surface area contributed by atoms with E-state index in [0.717, 1.165) is 0 Å². The number of anilines is 2. The first-order chi connectivity index (χ1) is 14.3. The van der Waals surface area contributed by atoms with Gasteiger partial charge in [0.15, 0.2) is 31.4 Å². The van der Waals surface area contributed by atoms with Crippen LogP contribution in [-0.4, -0.2) is 75.0 Å². The fraction of sp³-hybridized carbons (Fsp3) is 0.421. The third-order valence-corrected chi connectivity index (χ3v) is 9.53. The number of nitrogens with zero attached hydrogens (tertiary/aromatic N) is 5. The van der Waals surface area contributed by atoms with Crippen LogP contribution in [0.5, 0.6) is 0 Å². The molecular formula is C19H26N6O4Si. The minimum absolute atomic E-state index is 0.0779. The zero-order chi connectivity index (χ0) is 21.6. The van der Waals surface area contributed by atoms with Gasteiger partial charge in [-0.3, -0.25) is 4.57 Å². The fourth-order valence-corrected chi connectivity index (χ4v) is 5.90. The first-order valence-corrected chi connectivity index (χ1v) is 12.6. The van der Waals surface area contributed by atoms with Crippen LogP contribution >= 0.6 is 0 Å². The molecule has 1 saturated heterocycles. The normalized spacial score (nSPS) is 24.5. The Bertz CT molecular complexity index is 1050. The molecule has 30 heavy (non-hydrogen) atoms. The third-order valence-electron chi connectivity index (χ3n) is 5.89. The van der Waals surface area contributed by atoms with E-state index < -0.39 is 39.4 Å². The highest BCUT2D eigenvalue weighted by atomic mass is 28.3. The molecule has 2 aromatic heterocycles. The van der Waals surface area contributed by atoms with Gasteiger partial charge >= 0.3 is 0 Å². The molecule has 11 heteroatoms. The SMILES string of the molecule is CN(c1ncnc2c1nc(N)n2C1OC(CO)C(O)C1O)[Si](C)(C)c1ccccc1. The highest BCUT2D eigenvalue weighted by Crippen LogP contribution is 2.35. The molecule has 1 aliphatic rings. The molecule has 10 nitrogen and oxygen atoms in total. The number of aromatic nitrogens is 4. The Hall–Kier alpha value is -2.57. The third kappa shape index (κ3) is 3.15. The number of imidazole rings is 1. The second kappa shape index (κ2) is 7.60. The molecule has 3 heterocycles. The van der Waals surface area contributed by atoms with Gasteiger partial charge in [-0.2, -0.15) is 0 Å². The second-order valence-corrected chi connectivity index (χ2v) is 12.3. The molecule has 4 rings (SSSR count). The van der Waals surface area contributed by atoms with Gasteiger partial charge in [0, 0.05) is 0 Å². The molecule has 0 spiro atoms. The minimum atomic E-state index is -2.12. The maximum absolute atomic E-state index is 10.4. The molecule has 160 valence electrons. The molecule has 4 atom stereocenters. The molecule has 0 saturated carbocycles. The Morgan fingerprint density at radius 1 is 1.17 bits per heavy atom. The van der Waals surface area contributed by atoms with Crippen LogP contribution in [0.4, 0.5) is 11.8 Å². The fourth-order valence-electron chi connectivity index (χ4n) is 3.81.